The summed E-state index contributed by atoms with van der Waals surface area (Å²) in [4.78, 5) is 4.71. The monoisotopic (exact) mass is 759 g/mol. The number of aromatic nitrogens is 1. The number of hydrogen-bond donors (Lipinski definition) is 0. The van der Waals surface area contributed by atoms with Crippen molar-refractivity contribution in [1.29, 1.82) is 0 Å². The van der Waals surface area contributed by atoms with E-state index in [0.29, 0.717) is 0 Å². The van der Waals surface area contributed by atoms with Crippen molar-refractivity contribution in [2.75, 3.05) is 0 Å². The van der Waals surface area contributed by atoms with E-state index in [-0.39, 0.29) is 0 Å². The molecule has 0 bridgehead atoms. The van der Waals surface area contributed by atoms with Crippen LogP contribution in [0.2, 0.25) is 0 Å². The third-order valence-corrected chi connectivity index (χ3v) is 12.5. The molecule has 0 fully saturated rings. The van der Waals surface area contributed by atoms with E-state index in [1.54, 1.807) is 0 Å². The minimum Gasteiger partial charge on any atom is -0.264 e. The van der Waals surface area contributed by atoms with Gasteiger partial charge in [-0.2, -0.15) is 0 Å². The lowest BCUT2D eigenvalue weighted by atomic mass is 9.84. The predicted octanol–water partition coefficient (Wildman–Crippen LogP) is 16.3. The van der Waals surface area contributed by atoms with Crippen LogP contribution in [0, 0.1) is 0 Å². The molecule has 0 aliphatic rings. The zero-order valence-corrected chi connectivity index (χ0v) is 32.8. The predicted molar refractivity (Wildman–Crippen MR) is 256 cm³/mol. The van der Waals surface area contributed by atoms with E-state index >= 15 is 0 Å². The van der Waals surface area contributed by atoms with Gasteiger partial charge in [-0.05, 0) is 139 Å². The fraction of sp³-hybridized carbons (Fsp3) is 0. The minimum absolute atomic E-state index is 1.15. The van der Waals surface area contributed by atoms with Crippen LogP contribution in [0.4, 0.5) is 0 Å². The Labute approximate surface area is 348 Å². The summed E-state index contributed by atoms with van der Waals surface area (Å²) in [6, 6.07) is 78.0. The van der Waals surface area contributed by atoms with Gasteiger partial charge in [-0.1, -0.05) is 188 Å². The number of nitrogens with zero attached hydrogens (tertiary/aromatic N) is 1. The van der Waals surface area contributed by atoms with Crippen LogP contribution < -0.4 is 0 Å². The summed E-state index contributed by atoms with van der Waals surface area (Å²) in [5.74, 6) is 0. The van der Waals surface area contributed by atoms with E-state index in [1.807, 2.05) is 6.20 Å². The Kier molecular flexibility index (Phi) is 7.92. The van der Waals surface area contributed by atoms with Gasteiger partial charge in [0.2, 0.25) is 0 Å². The van der Waals surface area contributed by atoms with Gasteiger partial charge >= 0.3 is 0 Å². The lowest BCUT2D eigenvalue weighted by Crippen LogP contribution is -1.93. The highest BCUT2D eigenvalue weighted by atomic mass is 14.6. The maximum Gasteiger partial charge on any atom is 0.0353 e. The SMILES string of the molecule is c1ccc(-c2c3ccccc3c(-c3ccc(-c4ccc5c(-c6ccc7ccccc7c6)c6cnccc6c(-c6ccc7ccccc7c6)c5c4)cc3)c3ccccc23)cc1. The Hall–Kier alpha value is -7.87. The molecule has 0 unspecified atom stereocenters. The molecule has 11 aromatic carbocycles. The molecule has 0 aliphatic carbocycles. The molecule has 0 saturated carbocycles. The number of fused-ring (bicyclic) bond motifs is 6. The Bertz CT molecular complexity index is 3580. The molecule has 0 amide bonds. The summed E-state index contributed by atoms with van der Waals surface area (Å²) in [6.07, 6.45) is 3.99. The summed E-state index contributed by atoms with van der Waals surface area (Å²) in [6.45, 7) is 0. The van der Waals surface area contributed by atoms with Gasteiger partial charge in [0.05, 0.1) is 0 Å². The lowest BCUT2D eigenvalue weighted by Gasteiger charge is -2.19. The van der Waals surface area contributed by atoms with Crippen molar-refractivity contribution in [3.05, 3.63) is 225 Å². The van der Waals surface area contributed by atoms with Crippen LogP contribution in [-0.4, -0.2) is 4.98 Å². The Balaban J connectivity index is 1.07. The first-order valence-electron chi connectivity index (χ1n) is 20.7. The van der Waals surface area contributed by atoms with Crippen molar-refractivity contribution >= 4 is 64.6 Å². The van der Waals surface area contributed by atoms with E-state index < -0.39 is 0 Å². The molecule has 278 valence electrons. The zero-order chi connectivity index (χ0) is 39.6. The average Bonchev–Trinajstić information content (AvgIpc) is 3.32. The van der Waals surface area contributed by atoms with E-state index in [9.17, 15) is 0 Å². The highest BCUT2D eigenvalue weighted by Gasteiger charge is 2.20. The van der Waals surface area contributed by atoms with Gasteiger partial charge in [0.1, 0.15) is 0 Å². The highest BCUT2D eigenvalue weighted by molar-refractivity contribution is 6.23. The lowest BCUT2D eigenvalue weighted by molar-refractivity contribution is 1.37. The molecule has 1 heterocycles. The second-order valence-corrected chi connectivity index (χ2v) is 15.8. The molecule has 1 heteroatoms. The molecule has 1 aromatic heterocycles. The van der Waals surface area contributed by atoms with Crippen molar-refractivity contribution in [3.63, 3.8) is 0 Å². The second-order valence-electron chi connectivity index (χ2n) is 15.8. The molecule has 12 rings (SSSR count). The molecule has 1 nitrogen and oxygen atoms in total. The minimum atomic E-state index is 1.15. The van der Waals surface area contributed by atoms with E-state index in [4.69, 9.17) is 4.98 Å². The second kappa shape index (κ2) is 13.9. The number of benzene rings is 11. The molecule has 0 N–H and O–H groups in total. The summed E-state index contributed by atoms with van der Waals surface area (Å²) in [7, 11) is 0. The molecule has 0 radical (unpaired) electrons. The maximum atomic E-state index is 4.71. The van der Waals surface area contributed by atoms with Crippen molar-refractivity contribution in [1.82, 2.24) is 4.98 Å². The van der Waals surface area contributed by atoms with Crippen LogP contribution in [-0.2, 0) is 0 Å². The standard InChI is InChI=1S/C59H37N/c1-2-14-41(15-3-1)56-48-18-8-10-20-50(48)57(51-21-11-9-19-49(51)56)42-26-22-40(23-27-42)45-30-31-52-54(36-45)58(46-28-24-38-12-4-6-16-43(38)34-46)53-32-33-60-37-55(53)59(52)47-29-25-39-13-5-7-17-44(39)35-47/h1-37H. The van der Waals surface area contributed by atoms with Crippen LogP contribution >= 0.6 is 0 Å². The van der Waals surface area contributed by atoms with Gasteiger partial charge in [-0.3, -0.25) is 4.98 Å². The normalized spacial score (nSPS) is 11.7. The van der Waals surface area contributed by atoms with E-state index in [0.717, 1.165) is 5.39 Å². The molecule has 60 heavy (non-hydrogen) atoms. The fourth-order valence-electron chi connectivity index (χ4n) is 9.75. The summed E-state index contributed by atoms with van der Waals surface area (Å²) >= 11 is 0. The molecular formula is C59H37N. The van der Waals surface area contributed by atoms with Gasteiger partial charge in [0, 0.05) is 17.8 Å². The van der Waals surface area contributed by atoms with Crippen molar-refractivity contribution in [2.24, 2.45) is 0 Å². The van der Waals surface area contributed by atoms with Crippen molar-refractivity contribution < 1.29 is 0 Å². The molecule has 0 spiro atoms. The Morgan fingerprint density at radius 3 is 1.20 bits per heavy atom. The summed E-state index contributed by atoms with van der Waals surface area (Å²) in [5, 5.41) is 14.8. The number of pyridine rings is 1. The van der Waals surface area contributed by atoms with Crippen LogP contribution in [0.3, 0.4) is 0 Å². The van der Waals surface area contributed by atoms with Crippen LogP contribution in [0.1, 0.15) is 0 Å². The van der Waals surface area contributed by atoms with Crippen LogP contribution in [0.25, 0.3) is 120 Å². The van der Waals surface area contributed by atoms with E-state index in [2.05, 4.69) is 219 Å². The molecule has 0 atom stereocenters. The number of rotatable bonds is 5. The van der Waals surface area contributed by atoms with Gasteiger partial charge in [-0.15, -0.1) is 0 Å². The molecule has 0 saturated heterocycles. The third-order valence-electron chi connectivity index (χ3n) is 12.5. The van der Waals surface area contributed by atoms with Crippen molar-refractivity contribution in [2.45, 2.75) is 0 Å². The first kappa shape index (κ1) is 34.2. The highest BCUT2D eigenvalue weighted by Crippen LogP contribution is 2.47. The fourth-order valence-corrected chi connectivity index (χ4v) is 9.75. The first-order chi connectivity index (χ1) is 29.8. The topological polar surface area (TPSA) is 12.9 Å². The number of hydrogen-bond acceptors (Lipinski definition) is 1. The van der Waals surface area contributed by atoms with Gasteiger partial charge in [0.25, 0.3) is 0 Å². The van der Waals surface area contributed by atoms with Gasteiger partial charge in [-0.25, -0.2) is 0 Å². The Morgan fingerprint density at radius 1 is 0.217 bits per heavy atom. The largest absolute Gasteiger partial charge is 0.264 e. The first-order valence-corrected chi connectivity index (χ1v) is 20.7. The molecular weight excluding hydrogens is 723 g/mol. The molecule has 12 aromatic rings. The van der Waals surface area contributed by atoms with Crippen LogP contribution in [0.5, 0.6) is 0 Å². The van der Waals surface area contributed by atoms with Gasteiger partial charge < -0.3 is 0 Å². The third kappa shape index (κ3) is 5.51. The summed E-state index contributed by atoms with van der Waals surface area (Å²) < 4.78 is 0. The maximum absolute atomic E-state index is 4.71. The average molecular weight is 760 g/mol. The van der Waals surface area contributed by atoms with Gasteiger partial charge in [0.15, 0.2) is 0 Å². The molecule has 0 aliphatic heterocycles. The zero-order valence-electron chi connectivity index (χ0n) is 32.8. The summed E-state index contributed by atoms with van der Waals surface area (Å²) in [5.41, 5.74) is 12.2. The van der Waals surface area contributed by atoms with Crippen LogP contribution in [0.15, 0.2) is 225 Å². The van der Waals surface area contributed by atoms with E-state index in [1.165, 1.54) is 115 Å². The Morgan fingerprint density at radius 2 is 0.617 bits per heavy atom. The quantitative estimate of drug-likeness (QED) is 0.159. The smallest absolute Gasteiger partial charge is 0.0353 e. The van der Waals surface area contributed by atoms with Crippen molar-refractivity contribution in [3.8, 4) is 55.6 Å².